The average molecular weight is 295 g/mol. The van der Waals surface area contributed by atoms with Gasteiger partial charge in [0.1, 0.15) is 6.33 Å². The van der Waals surface area contributed by atoms with Gasteiger partial charge in [-0.25, -0.2) is 9.97 Å². The van der Waals surface area contributed by atoms with Crippen LogP contribution in [0.1, 0.15) is 27.2 Å². The molecule has 2 rings (SSSR count). The predicted octanol–water partition coefficient (Wildman–Crippen LogP) is 1.82. The molecule has 0 spiro atoms. The Bertz CT molecular complexity index is 511. The summed E-state index contributed by atoms with van der Waals surface area (Å²) in [5.74, 6) is 0.634. The van der Waals surface area contributed by atoms with Gasteiger partial charge in [-0.15, -0.1) is 0 Å². The van der Waals surface area contributed by atoms with Gasteiger partial charge in [0.2, 0.25) is 11.6 Å². The smallest absolute Gasteiger partial charge is 0.353 e. The Morgan fingerprint density at radius 3 is 2.90 bits per heavy atom. The molecule has 1 aliphatic rings. The van der Waals surface area contributed by atoms with Crippen molar-refractivity contribution in [2.75, 3.05) is 29.9 Å². The molecule has 0 amide bonds. The van der Waals surface area contributed by atoms with E-state index in [-0.39, 0.29) is 23.7 Å². The van der Waals surface area contributed by atoms with Crippen molar-refractivity contribution in [3.8, 4) is 0 Å². The van der Waals surface area contributed by atoms with E-state index in [9.17, 15) is 10.1 Å². The van der Waals surface area contributed by atoms with Gasteiger partial charge >= 0.3 is 5.69 Å². The fourth-order valence-corrected chi connectivity index (χ4v) is 2.49. The first-order valence-corrected chi connectivity index (χ1v) is 7.19. The second-order valence-corrected chi connectivity index (χ2v) is 5.04. The highest BCUT2D eigenvalue weighted by Gasteiger charge is 2.33. The lowest BCUT2D eigenvalue weighted by molar-refractivity contribution is -0.383. The quantitative estimate of drug-likeness (QED) is 0.654. The molecule has 0 radical (unpaired) electrons. The predicted molar refractivity (Wildman–Crippen MR) is 79.7 cm³/mol. The number of ether oxygens (including phenoxy) is 1. The SMILES string of the molecule is CCNc1ncnc(N2CC(C)OCC2CC)c1[N+](=O)[O-]. The molecule has 0 bridgehead atoms. The van der Waals surface area contributed by atoms with E-state index in [0.29, 0.717) is 25.5 Å². The fourth-order valence-electron chi connectivity index (χ4n) is 2.49. The third kappa shape index (κ3) is 3.21. The molecule has 2 atom stereocenters. The molecule has 2 unspecified atom stereocenters. The van der Waals surface area contributed by atoms with Gasteiger partial charge in [-0.2, -0.15) is 0 Å². The number of morpholine rings is 1. The fraction of sp³-hybridized carbons (Fsp3) is 0.692. The standard InChI is InChI=1S/C13H21N5O3/c1-4-10-7-21-9(3)6-17(10)13-11(18(19)20)12(14-5-2)15-8-16-13/h8-10H,4-7H2,1-3H3,(H,14,15,16). The van der Waals surface area contributed by atoms with Crippen molar-refractivity contribution in [2.24, 2.45) is 0 Å². The van der Waals surface area contributed by atoms with E-state index in [0.717, 1.165) is 6.42 Å². The second-order valence-electron chi connectivity index (χ2n) is 5.04. The van der Waals surface area contributed by atoms with Gasteiger partial charge in [0, 0.05) is 13.1 Å². The summed E-state index contributed by atoms with van der Waals surface area (Å²) in [6.45, 7) is 7.56. The molecule has 0 aliphatic carbocycles. The van der Waals surface area contributed by atoms with Crippen LogP contribution in [0.2, 0.25) is 0 Å². The van der Waals surface area contributed by atoms with E-state index >= 15 is 0 Å². The lowest BCUT2D eigenvalue weighted by Gasteiger charge is -2.38. The van der Waals surface area contributed by atoms with Crippen molar-refractivity contribution < 1.29 is 9.66 Å². The summed E-state index contributed by atoms with van der Waals surface area (Å²) < 4.78 is 5.64. The summed E-state index contributed by atoms with van der Waals surface area (Å²) >= 11 is 0. The maximum atomic E-state index is 11.5. The Morgan fingerprint density at radius 1 is 1.52 bits per heavy atom. The number of aromatic nitrogens is 2. The van der Waals surface area contributed by atoms with Gasteiger partial charge in [0.05, 0.1) is 23.7 Å². The van der Waals surface area contributed by atoms with Crippen LogP contribution in [0.4, 0.5) is 17.3 Å². The number of rotatable bonds is 5. The van der Waals surface area contributed by atoms with Crippen LogP contribution in [0.25, 0.3) is 0 Å². The number of hydrogen-bond acceptors (Lipinski definition) is 7. The first kappa shape index (κ1) is 15.4. The van der Waals surface area contributed by atoms with Crippen molar-refractivity contribution in [1.82, 2.24) is 9.97 Å². The van der Waals surface area contributed by atoms with Crippen LogP contribution >= 0.6 is 0 Å². The van der Waals surface area contributed by atoms with Crippen molar-refractivity contribution in [3.63, 3.8) is 0 Å². The molecule has 116 valence electrons. The van der Waals surface area contributed by atoms with Crippen molar-refractivity contribution >= 4 is 17.3 Å². The molecular weight excluding hydrogens is 274 g/mol. The Balaban J connectivity index is 2.45. The molecule has 1 saturated heterocycles. The number of nitro groups is 1. The van der Waals surface area contributed by atoms with Crippen LogP contribution in [0.3, 0.4) is 0 Å². The van der Waals surface area contributed by atoms with Crippen LogP contribution < -0.4 is 10.2 Å². The van der Waals surface area contributed by atoms with Gasteiger partial charge in [-0.3, -0.25) is 10.1 Å². The molecule has 1 fully saturated rings. The summed E-state index contributed by atoms with van der Waals surface area (Å²) in [6, 6.07) is 0.0873. The number of nitrogens with one attached hydrogen (secondary N) is 1. The molecular formula is C13H21N5O3. The van der Waals surface area contributed by atoms with Crippen molar-refractivity contribution in [2.45, 2.75) is 39.3 Å². The van der Waals surface area contributed by atoms with Gasteiger partial charge in [-0.05, 0) is 20.3 Å². The van der Waals surface area contributed by atoms with E-state index in [2.05, 4.69) is 15.3 Å². The zero-order chi connectivity index (χ0) is 15.4. The first-order chi connectivity index (χ1) is 10.1. The minimum absolute atomic E-state index is 0.0185. The van der Waals surface area contributed by atoms with E-state index < -0.39 is 4.92 Å². The third-order valence-corrected chi connectivity index (χ3v) is 3.54. The number of nitrogens with zero attached hydrogens (tertiary/aromatic N) is 4. The molecule has 1 aromatic rings. The molecule has 8 nitrogen and oxygen atoms in total. The first-order valence-electron chi connectivity index (χ1n) is 7.19. The Labute approximate surface area is 123 Å². The molecule has 0 aromatic carbocycles. The monoisotopic (exact) mass is 295 g/mol. The number of anilines is 2. The summed E-state index contributed by atoms with van der Waals surface area (Å²) in [5, 5.41) is 14.4. The maximum absolute atomic E-state index is 11.5. The average Bonchev–Trinajstić information content (AvgIpc) is 2.47. The lowest BCUT2D eigenvalue weighted by Crippen LogP contribution is -2.49. The van der Waals surface area contributed by atoms with E-state index in [1.165, 1.54) is 6.33 Å². The summed E-state index contributed by atoms with van der Waals surface area (Å²) in [5.41, 5.74) is -0.0631. The Kier molecular flexibility index (Phi) is 4.89. The van der Waals surface area contributed by atoms with Crippen LogP contribution in [-0.4, -0.2) is 46.7 Å². The number of hydrogen-bond donors (Lipinski definition) is 1. The molecule has 1 N–H and O–H groups in total. The maximum Gasteiger partial charge on any atom is 0.353 e. The third-order valence-electron chi connectivity index (χ3n) is 3.54. The highest BCUT2D eigenvalue weighted by Crippen LogP contribution is 2.34. The van der Waals surface area contributed by atoms with Gasteiger partial charge in [-0.1, -0.05) is 6.92 Å². The van der Waals surface area contributed by atoms with Gasteiger partial charge in [0.15, 0.2) is 0 Å². The lowest BCUT2D eigenvalue weighted by atomic mass is 10.1. The van der Waals surface area contributed by atoms with Crippen LogP contribution in [0, 0.1) is 10.1 Å². The zero-order valence-corrected chi connectivity index (χ0v) is 12.6. The normalized spacial score (nSPS) is 22.1. The highest BCUT2D eigenvalue weighted by molar-refractivity contribution is 5.70. The largest absolute Gasteiger partial charge is 0.375 e. The van der Waals surface area contributed by atoms with Crippen LogP contribution in [0.5, 0.6) is 0 Å². The summed E-state index contributed by atoms with van der Waals surface area (Å²) in [4.78, 5) is 21.2. The Hall–Kier alpha value is -1.96. The highest BCUT2D eigenvalue weighted by atomic mass is 16.6. The zero-order valence-electron chi connectivity index (χ0n) is 12.6. The minimum atomic E-state index is -0.416. The van der Waals surface area contributed by atoms with Crippen LogP contribution in [-0.2, 0) is 4.74 Å². The van der Waals surface area contributed by atoms with E-state index in [1.54, 1.807) is 0 Å². The van der Waals surface area contributed by atoms with Crippen LogP contribution in [0.15, 0.2) is 6.33 Å². The van der Waals surface area contributed by atoms with E-state index in [1.807, 2.05) is 25.7 Å². The summed E-state index contributed by atoms with van der Waals surface area (Å²) in [6.07, 6.45) is 2.22. The minimum Gasteiger partial charge on any atom is -0.375 e. The Morgan fingerprint density at radius 2 is 2.29 bits per heavy atom. The van der Waals surface area contributed by atoms with Gasteiger partial charge in [0.25, 0.3) is 0 Å². The van der Waals surface area contributed by atoms with Crippen molar-refractivity contribution in [3.05, 3.63) is 16.4 Å². The van der Waals surface area contributed by atoms with Gasteiger partial charge < -0.3 is 15.0 Å². The molecule has 1 aromatic heterocycles. The molecule has 1 aliphatic heterocycles. The van der Waals surface area contributed by atoms with E-state index in [4.69, 9.17) is 4.74 Å². The molecule has 0 saturated carbocycles. The second kappa shape index (κ2) is 6.66. The molecule has 8 heteroatoms. The molecule has 21 heavy (non-hydrogen) atoms. The molecule has 2 heterocycles. The topological polar surface area (TPSA) is 93.4 Å². The van der Waals surface area contributed by atoms with Crippen molar-refractivity contribution in [1.29, 1.82) is 0 Å². The summed E-state index contributed by atoms with van der Waals surface area (Å²) in [7, 11) is 0.